The van der Waals surface area contributed by atoms with Gasteiger partial charge in [0.2, 0.25) is 11.5 Å². The molecule has 24 heavy (non-hydrogen) atoms. The Morgan fingerprint density at radius 1 is 1.21 bits per heavy atom. The Morgan fingerprint density at radius 2 is 1.92 bits per heavy atom. The molecule has 128 valence electrons. The second kappa shape index (κ2) is 8.63. The Morgan fingerprint density at radius 3 is 2.54 bits per heavy atom. The van der Waals surface area contributed by atoms with Crippen LogP contribution in [0.4, 0.5) is 0 Å². The maximum Gasteiger partial charge on any atom is 0.248 e. The van der Waals surface area contributed by atoms with Gasteiger partial charge in [0.15, 0.2) is 0 Å². The fraction of sp³-hybridized carbons (Fsp3) is 0.294. The predicted octanol–water partition coefficient (Wildman–Crippen LogP) is 1.17. The molecule has 0 aliphatic rings. The van der Waals surface area contributed by atoms with Gasteiger partial charge in [-0.3, -0.25) is 9.59 Å². The smallest absolute Gasteiger partial charge is 0.248 e. The van der Waals surface area contributed by atoms with Gasteiger partial charge in [-0.15, -0.1) is 0 Å². The molecule has 1 aromatic carbocycles. The van der Waals surface area contributed by atoms with Crippen LogP contribution in [-0.2, 0) is 11.2 Å². The quantitative estimate of drug-likeness (QED) is 0.602. The first-order valence-electron chi connectivity index (χ1n) is 7.51. The summed E-state index contributed by atoms with van der Waals surface area (Å²) < 4.78 is 0. The summed E-state index contributed by atoms with van der Waals surface area (Å²) in [5.74, 6) is -0.327. The Kier molecular flexibility index (Phi) is 6.54. The Labute approximate surface area is 144 Å². The van der Waals surface area contributed by atoms with Crippen molar-refractivity contribution in [3.63, 3.8) is 0 Å². The SMILES string of the molecule is O=C(CCc1cccc(=O)[nH]1)NC(CO)C(O)c1ccc(Cl)cc1. The lowest BCUT2D eigenvalue weighted by Gasteiger charge is -2.22. The first kappa shape index (κ1) is 18.2. The molecule has 1 heterocycles. The summed E-state index contributed by atoms with van der Waals surface area (Å²) in [6, 6.07) is 10.4. The third-order valence-corrected chi connectivity index (χ3v) is 3.84. The summed E-state index contributed by atoms with van der Waals surface area (Å²) in [6.07, 6.45) is -0.561. The van der Waals surface area contributed by atoms with Crippen LogP contribution in [0.1, 0.15) is 23.8 Å². The van der Waals surface area contributed by atoms with Crippen molar-refractivity contribution in [2.24, 2.45) is 0 Å². The molecule has 2 aromatic rings. The average molecular weight is 351 g/mol. The lowest BCUT2D eigenvalue weighted by Crippen LogP contribution is -2.42. The van der Waals surface area contributed by atoms with E-state index in [9.17, 15) is 19.8 Å². The lowest BCUT2D eigenvalue weighted by molar-refractivity contribution is -0.123. The molecule has 0 fully saturated rings. The van der Waals surface area contributed by atoms with Crippen LogP contribution in [0.25, 0.3) is 0 Å². The van der Waals surface area contributed by atoms with Crippen molar-refractivity contribution in [3.8, 4) is 0 Å². The molecule has 2 rings (SSSR count). The Bertz CT molecular complexity index is 730. The number of aliphatic hydroxyl groups is 2. The zero-order valence-corrected chi connectivity index (χ0v) is 13.7. The van der Waals surface area contributed by atoms with Gasteiger partial charge >= 0.3 is 0 Å². The second-order valence-corrected chi connectivity index (χ2v) is 5.83. The van der Waals surface area contributed by atoms with Gasteiger partial charge in [-0.05, 0) is 30.2 Å². The number of nitrogens with one attached hydrogen (secondary N) is 2. The first-order chi connectivity index (χ1) is 11.5. The zero-order valence-electron chi connectivity index (χ0n) is 12.9. The lowest BCUT2D eigenvalue weighted by atomic mass is 10.0. The fourth-order valence-electron chi connectivity index (χ4n) is 2.28. The summed E-state index contributed by atoms with van der Waals surface area (Å²) in [6.45, 7) is -0.405. The highest BCUT2D eigenvalue weighted by Crippen LogP contribution is 2.19. The van der Waals surface area contributed by atoms with E-state index in [0.29, 0.717) is 22.7 Å². The number of carbonyl (C=O) groups is 1. The van der Waals surface area contributed by atoms with Gasteiger partial charge in [-0.2, -0.15) is 0 Å². The molecule has 1 aromatic heterocycles. The molecule has 7 heteroatoms. The van der Waals surface area contributed by atoms with Gasteiger partial charge in [0.05, 0.1) is 12.6 Å². The van der Waals surface area contributed by atoms with E-state index >= 15 is 0 Å². The number of carbonyl (C=O) groups excluding carboxylic acids is 1. The maximum atomic E-state index is 12.0. The van der Waals surface area contributed by atoms with Crippen molar-refractivity contribution in [3.05, 3.63) is 69.1 Å². The molecule has 2 atom stereocenters. The van der Waals surface area contributed by atoms with Crippen LogP contribution in [-0.4, -0.2) is 33.8 Å². The number of aliphatic hydroxyl groups excluding tert-OH is 2. The standard InChI is InChI=1S/C17H19ClN2O4/c18-12-6-4-11(5-7-12)17(24)14(10-21)20-16(23)9-8-13-2-1-3-15(22)19-13/h1-7,14,17,21,24H,8-10H2,(H,19,22)(H,20,23). The van der Waals surface area contributed by atoms with Gasteiger partial charge in [0.1, 0.15) is 6.10 Å². The molecule has 0 aliphatic heterocycles. The van der Waals surface area contributed by atoms with E-state index in [1.807, 2.05) is 0 Å². The number of benzene rings is 1. The number of hydrogen-bond donors (Lipinski definition) is 4. The third kappa shape index (κ3) is 5.19. The number of halogens is 1. The van der Waals surface area contributed by atoms with Crippen LogP contribution in [0.3, 0.4) is 0 Å². The van der Waals surface area contributed by atoms with Gasteiger partial charge in [-0.25, -0.2) is 0 Å². The molecular weight excluding hydrogens is 332 g/mol. The molecule has 6 nitrogen and oxygen atoms in total. The number of pyridine rings is 1. The number of aryl methyl sites for hydroxylation is 1. The van der Waals surface area contributed by atoms with Gasteiger partial charge < -0.3 is 20.5 Å². The molecule has 0 bridgehead atoms. The van der Waals surface area contributed by atoms with E-state index in [-0.39, 0.29) is 17.9 Å². The highest BCUT2D eigenvalue weighted by molar-refractivity contribution is 6.30. The summed E-state index contributed by atoms with van der Waals surface area (Å²) in [5.41, 5.74) is 0.974. The van der Waals surface area contributed by atoms with E-state index in [2.05, 4.69) is 10.3 Å². The summed E-state index contributed by atoms with van der Waals surface area (Å²) in [5, 5.41) is 22.8. The highest BCUT2D eigenvalue weighted by Gasteiger charge is 2.22. The van der Waals surface area contributed by atoms with Crippen LogP contribution < -0.4 is 10.9 Å². The largest absolute Gasteiger partial charge is 0.394 e. The van der Waals surface area contributed by atoms with Gasteiger partial charge in [0, 0.05) is 23.2 Å². The summed E-state index contributed by atoms with van der Waals surface area (Å²) in [7, 11) is 0. The van der Waals surface area contributed by atoms with E-state index in [0.717, 1.165) is 0 Å². The summed E-state index contributed by atoms with van der Waals surface area (Å²) in [4.78, 5) is 25.8. The minimum Gasteiger partial charge on any atom is -0.394 e. The molecule has 0 saturated heterocycles. The zero-order chi connectivity index (χ0) is 17.5. The van der Waals surface area contributed by atoms with Crippen molar-refractivity contribution in [1.82, 2.24) is 10.3 Å². The molecule has 4 N–H and O–H groups in total. The minimum absolute atomic E-state index is 0.129. The predicted molar refractivity (Wildman–Crippen MR) is 90.8 cm³/mol. The molecular formula is C17H19ClN2O4. The number of aromatic nitrogens is 1. The number of hydrogen-bond acceptors (Lipinski definition) is 4. The normalized spacial score (nSPS) is 13.3. The number of aromatic amines is 1. The number of H-pyrrole nitrogens is 1. The molecule has 0 aliphatic carbocycles. The molecule has 1 amide bonds. The van der Waals surface area contributed by atoms with Gasteiger partial charge in [-0.1, -0.05) is 29.8 Å². The van der Waals surface area contributed by atoms with Crippen LogP contribution in [0.15, 0.2) is 47.3 Å². The van der Waals surface area contributed by atoms with Crippen LogP contribution in [0.2, 0.25) is 5.02 Å². The van der Waals surface area contributed by atoms with Crippen molar-refractivity contribution in [1.29, 1.82) is 0 Å². The average Bonchev–Trinajstić information content (AvgIpc) is 2.58. The highest BCUT2D eigenvalue weighted by atomic mass is 35.5. The number of rotatable bonds is 7. The Balaban J connectivity index is 1.92. The van der Waals surface area contributed by atoms with Crippen molar-refractivity contribution >= 4 is 17.5 Å². The molecule has 0 saturated carbocycles. The molecule has 2 unspecified atom stereocenters. The van der Waals surface area contributed by atoms with Crippen LogP contribution in [0, 0.1) is 0 Å². The first-order valence-corrected chi connectivity index (χ1v) is 7.89. The maximum absolute atomic E-state index is 12.0. The van der Waals surface area contributed by atoms with Crippen molar-refractivity contribution in [2.45, 2.75) is 25.0 Å². The van der Waals surface area contributed by atoms with Gasteiger partial charge in [0.25, 0.3) is 0 Å². The molecule has 0 spiro atoms. The van der Waals surface area contributed by atoms with Crippen molar-refractivity contribution < 1.29 is 15.0 Å². The minimum atomic E-state index is -1.05. The fourth-order valence-corrected chi connectivity index (χ4v) is 2.41. The topological polar surface area (TPSA) is 102 Å². The second-order valence-electron chi connectivity index (χ2n) is 5.39. The third-order valence-electron chi connectivity index (χ3n) is 3.59. The van der Waals surface area contributed by atoms with E-state index in [1.54, 1.807) is 36.4 Å². The van der Waals surface area contributed by atoms with Crippen LogP contribution >= 0.6 is 11.6 Å². The van der Waals surface area contributed by atoms with E-state index < -0.39 is 18.8 Å². The Hall–Kier alpha value is -2.15. The van der Waals surface area contributed by atoms with E-state index in [4.69, 9.17) is 11.6 Å². The molecule has 0 radical (unpaired) electrons. The van der Waals surface area contributed by atoms with E-state index in [1.165, 1.54) is 6.07 Å². The summed E-state index contributed by atoms with van der Waals surface area (Å²) >= 11 is 5.80. The van der Waals surface area contributed by atoms with Crippen molar-refractivity contribution in [2.75, 3.05) is 6.61 Å². The van der Waals surface area contributed by atoms with Crippen LogP contribution in [0.5, 0.6) is 0 Å². The number of amides is 1. The monoisotopic (exact) mass is 350 g/mol.